The van der Waals surface area contributed by atoms with E-state index in [9.17, 15) is 9.90 Å². The number of nitrogens with one attached hydrogen (secondary N) is 1. The molecule has 1 aromatic rings. The second-order valence-electron chi connectivity index (χ2n) is 6.78. The number of phenolic OH excluding ortho intramolecular Hbond substituents is 1. The summed E-state index contributed by atoms with van der Waals surface area (Å²) in [5.41, 5.74) is 3.59. The topological polar surface area (TPSA) is 58.6 Å². The largest absolute Gasteiger partial charge is 0.507 e. The molecule has 1 aliphatic heterocycles. The number of hydrogen-bond donors (Lipinski definition) is 2. The lowest BCUT2D eigenvalue weighted by Crippen LogP contribution is -2.25. The van der Waals surface area contributed by atoms with Crippen LogP contribution in [0.2, 0.25) is 0 Å². The van der Waals surface area contributed by atoms with E-state index in [1.54, 1.807) is 0 Å². The van der Waals surface area contributed by atoms with Crippen LogP contribution in [0, 0.1) is 12.8 Å². The van der Waals surface area contributed by atoms with Crippen LogP contribution in [0.1, 0.15) is 49.3 Å². The Kier molecular flexibility index (Phi) is 4.27. The number of rotatable bonds is 3. The van der Waals surface area contributed by atoms with Crippen LogP contribution in [-0.4, -0.2) is 23.7 Å². The van der Waals surface area contributed by atoms with Gasteiger partial charge in [0.2, 0.25) is 0 Å². The first-order valence-corrected chi connectivity index (χ1v) is 8.32. The van der Waals surface area contributed by atoms with Crippen LogP contribution in [0.4, 0.5) is 5.69 Å². The Bertz CT molecular complexity index is 582. The minimum absolute atomic E-state index is 0.0507. The molecule has 0 bridgehead atoms. The highest BCUT2D eigenvalue weighted by Crippen LogP contribution is 2.36. The van der Waals surface area contributed by atoms with Gasteiger partial charge in [0.05, 0.1) is 6.42 Å². The Labute approximate surface area is 131 Å². The monoisotopic (exact) mass is 303 g/mol. The van der Waals surface area contributed by atoms with Gasteiger partial charge in [-0.15, -0.1) is 0 Å². The third-order valence-corrected chi connectivity index (χ3v) is 4.93. The maximum Gasteiger partial charge on any atom is 0.310 e. The first kappa shape index (κ1) is 15.2. The number of benzene rings is 1. The van der Waals surface area contributed by atoms with Crippen LogP contribution >= 0.6 is 0 Å². The maximum atomic E-state index is 12.2. The Hall–Kier alpha value is -1.71. The molecule has 1 aromatic carbocycles. The van der Waals surface area contributed by atoms with Crippen molar-refractivity contribution in [1.82, 2.24) is 0 Å². The van der Waals surface area contributed by atoms with Crippen LogP contribution in [0.15, 0.2) is 6.07 Å². The number of esters is 1. The van der Waals surface area contributed by atoms with Crippen molar-refractivity contribution in [3.8, 4) is 5.75 Å². The zero-order valence-corrected chi connectivity index (χ0v) is 13.4. The molecule has 1 fully saturated rings. The van der Waals surface area contributed by atoms with E-state index in [1.807, 2.05) is 13.0 Å². The second kappa shape index (κ2) is 6.19. The lowest BCUT2D eigenvalue weighted by Gasteiger charge is -2.26. The molecule has 2 aliphatic rings. The van der Waals surface area contributed by atoms with Gasteiger partial charge in [-0.3, -0.25) is 4.79 Å². The summed E-state index contributed by atoms with van der Waals surface area (Å²) in [6, 6.07) is 2.02. The van der Waals surface area contributed by atoms with E-state index in [0.29, 0.717) is 5.92 Å². The highest BCUT2D eigenvalue weighted by atomic mass is 16.5. The number of aryl methyl sites for hydroxylation is 1. The lowest BCUT2D eigenvalue weighted by molar-refractivity contribution is -0.150. The van der Waals surface area contributed by atoms with Crippen molar-refractivity contribution in [2.45, 2.75) is 58.5 Å². The molecule has 4 heteroatoms. The molecule has 1 saturated carbocycles. The summed E-state index contributed by atoms with van der Waals surface area (Å²) >= 11 is 0. The maximum absolute atomic E-state index is 12.2. The predicted molar refractivity (Wildman–Crippen MR) is 86.3 cm³/mol. The third-order valence-electron chi connectivity index (χ3n) is 4.93. The molecule has 2 N–H and O–H groups in total. The summed E-state index contributed by atoms with van der Waals surface area (Å²) in [7, 11) is 0. The standard InChI is InChI=1S/C18H25NO3/c1-11-4-3-5-13(8-11)22-17(20)10-15-12(2)9-16-14(18(15)21)6-7-19-16/h9,11,13,19,21H,3-8,10H2,1-2H3. The molecule has 2 atom stereocenters. The average Bonchev–Trinajstić information content (AvgIpc) is 2.91. The van der Waals surface area contributed by atoms with Crippen LogP contribution in [0.3, 0.4) is 0 Å². The van der Waals surface area contributed by atoms with Crippen molar-refractivity contribution in [3.05, 3.63) is 22.8 Å². The van der Waals surface area contributed by atoms with Gasteiger partial charge < -0.3 is 15.2 Å². The van der Waals surface area contributed by atoms with E-state index in [1.165, 1.54) is 6.42 Å². The molecule has 0 spiro atoms. The van der Waals surface area contributed by atoms with Gasteiger partial charge in [-0.1, -0.05) is 13.3 Å². The number of phenols is 1. The van der Waals surface area contributed by atoms with Crippen molar-refractivity contribution in [2.75, 3.05) is 11.9 Å². The molecule has 4 nitrogen and oxygen atoms in total. The number of hydrogen-bond acceptors (Lipinski definition) is 4. The highest BCUT2D eigenvalue weighted by Gasteiger charge is 2.25. The fraction of sp³-hybridized carbons (Fsp3) is 0.611. The third kappa shape index (κ3) is 3.06. The molecule has 1 aliphatic carbocycles. The minimum Gasteiger partial charge on any atom is -0.507 e. The predicted octanol–water partition coefficient (Wildman–Crippen LogP) is 3.33. The van der Waals surface area contributed by atoms with Gasteiger partial charge in [0.1, 0.15) is 11.9 Å². The van der Waals surface area contributed by atoms with E-state index in [0.717, 1.165) is 54.6 Å². The number of fused-ring (bicyclic) bond motifs is 1. The first-order valence-electron chi connectivity index (χ1n) is 8.32. The van der Waals surface area contributed by atoms with E-state index < -0.39 is 0 Å². The van der Waals surface area contributed by atoms with Crippen molar-refractivity contribution >= 4 is 11.7 Å². The Morgan fingerprint density at radius 2 is 2.27 bits per heavy atom. The van der Waals surface area contributed by atoms with E-state index in [2.05, 4.69) is 12.2 Å². The lowest BCUT2D eigenvalue weighted by atomic mass is 9.88. The molecule has 1 heterocycles. The van der Waals surface area contributed by atoms with Crippen LogP contribution in [0.25, 0.3) is 0 Å². The number of carbonyl (C=O) groups is 1. The van der Waals surface area contributed by atoms with E-state index in [4.69, 9.17) is 4.74 Å². The number of anilines is 1. The fourth-order valence-electron chi connectivity index (χ4n) is 3.70. The normalized spacial score (nSPS) is 23.7. The van der Waals surface area contributed by atoms with Gasteiger partial charge in [-0.05, 0) is 50.2 Å². The Balaban J connectivity index is 1.69. The van der Waals surface area contributed by atoms with Gasteiger partial charge in [0, 0.05) is 23.4 Å². The van der Waals surface area contributed by atoms with Crippen LogP contribution < -0.4 is 5.32 Å². The molecule has 22 heavy (non-hydrogen) atoms. The van der Waals surface area contributed by atoms with Gasteiger partial charge in [0.25, 0.3) is 0 Å². The molecule has 0 amide bonds. The molecule has 0 radical (unpaired) electrons. The van der Waals surface area contributed by atoms with E-state index in [-0.39, 0.29) is 24.2 Å². The summed E-state index contributed by atoms with van der Waals surface area (Å²) < 4.78 is 5.63. The summed E-state index contributed by atoms with van der Waals surface area (Å²) in [6.45, 7) is 4.99. The average molecular weight is 303 g/mol. The summed E-state index contributed by atoms with van der Waals surface area (Å²) in [5.74, 6) is 0.685. The summed E-state index contributed by atoms with van der Waals surface area (Å²) in [6.07, 6.45) is 5.31. The van der Waals surface area contributed by atoms with Crippen LogP contribution in [0.5, 0.6) is 5.75 Å². The van der Waals surface area contributed by atoms with Gasteiger partial charge >= 0.3 is 5.97 Å². The highest BCUT2D eigenvalue weighted by molar-refractivity contribution is 5.76. The number of carbonyl (C=O) groups excluding carboxylic acids is 1. The summed E-state index contributed by atoms with van der Waals surface area (Å²) in [4.78, 5) is 12.2. The quantitative estimate of drug-likeness (QED) is 0.841. The molecular weight excluding hydrogens is 278 g/mol. The van der Waals surface area contributed by atoms with Crippen molar-refractivity contribution in [1.29, 1.82) is 0 Å². The minimum atomic E-state index is -0.219. The molecule has 3 rings (SSSR count). The zero-order chi connectivity index (χ0) is 15.7. The molecular formula is C18H25NO3. The van der Waals surface area contributed by atoms with Crippen molar-refractivity contribution in [2.24, 2.45) is 5.92 Å². The van der Waals surface area contributed by atoms with Gasteiger partial charge in [-0.25, -0.2) is 0 Å². The molecule has 2 unspecified atom stereocenters. The molecule has 120 valence electrons. The van der Waals surface area contributed by atoms with Crippen molar-refractivity contribution < 1.29 is 14.6 Å². The fourth-order valence-corrected chi connectivity index (χ4v) is 3.70. The SMILES string of the molecule is Cc1cc2c(c(O)c1CC(=O)OC1CCCC(C)C1)CCN2. The van der Waals surface area contributed by atoms with Crippen molar-refractivity contribution in [3.63, 3.8) is 0 Å². The van der Waals surface area contributed by atoms with E-state index >= 15 is 0 Å². The number of aromatic hydroxyl groups is 1. The first-order chi connectivity index (χ1) is 10.5. The summed E-state index contributed by atoms with van der Waals surface area (Å²) in [5, 5.41) is 13.7. The smallest absolute Gasteiger partial charge is 0.310 e. The van der Waals surface area contributed by atoms with Gasteiger partial charge in [-0.2, -0.15) is 0 Å². The second-order valence-corrected chi connectivity index (χ2v) is 6.78. The van der Waals surface area contributed by atoms with Crippen LogP contribution in [-0.2, 0) is 22.4 Å². The molecule has 0 saturated heterocycles. The molecule has 0 aromatic heterocycles. The Morgan fingerprint density at radius 1 is 1.45 bits per heavy atom. The number of ether oxygens (including phenoxy) is 1. The Morgan fingerprint density at radius 3 is 3.05 bits per heavy atom. The van der Waals surface area contributed by atoms with Gasteiger partial charge in [0.15, 0.2) is 0 Å². The zero-order valence-electron chi connectivity index (χ0n) is 13.4.